The van der Waals surface area contributed by atoms with Crippen LogP contribution < -0.4 is 9.47 Å². The zero-order valence-corrected chi connectivity index (χ0v) is 15.3. The van der Waals surface area contributed by atoms with E-state index in [1.807, 2.05) is 23.5 Å². The average molecular weight is 345 g/mol. The van der Waals surface area contributed by atoms with Crippen LogP contribution in [0.2, 0.25) is 0 Å². The summed E-state index contributed by atoms with van der Waals surface area (Å²) < 4.78 is 10.6. The van der Waals surface area contributed by atoms with Crippen LogP contribution in [0.3, 0.4) is 0 Å². The lowest BCUT2D eigenvalue weighted by molar-refractivity contribution is 0.354. The lowest BCUT2D eigenvalue weighted by atomic mass is 10.1. The molecule has 0 unspecified atom stereocenters. The fourth-order valence-corrected chi connectivity index (χ4v) is 4.33. The molecule has 0 aliphatic heterocycles. The molecule has 0 saturated carbocycles. The molecular formula is C18H19NO2S2. The van der Waals surface area contributed by atoms with Gasteiger partial charge in [0, 0.05) is 27.1 Å². The topological polar surface area (TPSA) is 31.4 Å². The predicted molar refractivity (Wildman–Crippen MR) is 97.3 cm³/mol. The van der Waals surface area contributed by atoms with E-state index in [9.17, 15) is 0 Å². The van der Waals surface area contributed by atoms with E-state index in [1.165, 1.54) is 20.9 Å². The molecule has 0 atom stereocenters. The van der Waals surface area contributed by atoms with Crippen LogP contribution in [0, 0.1) is 13.8 Å². The van der Waals surface area contributed by atoms with Crippen LogP contribution >= 0.6 is 22.7 Å². The number of aromatic nitrogens is 1. The normalized spacial score (nSPS) is 10.8. The molecule has 0 aliphatic rings. The summed E-state index contributed by atoms with van der Waals surface area (Å²) in [5.41, 5.74) is 3.50. The monoisotopic (exact) mass is 345 g/mol. The highest BCUT2D eigenvalue weighted by Gasteiger charge is 2.11. The Hall–Kier alpha value is -1.85. The van der Waals surface area contributed by atoms with Gasteiger partial charge in [-0.1, -0.05) is 6.07 Å². The highest BCUT2D eigenvalue weighted by molar-refractivity contribution is 7.12. The van der Waals surface area contributed by atoms with E-state index in [4.69, 9.17) is 14.5 Å². The number of ether oxygens (including phenoxy) is 2. The maximum atomic E-state index is 5.37. The molecule has 0 aliphatic carbocycles. The maximum Gasteiger partial charge on any atom is 0.160 e. The van der Waals surface area contributed by atoms with Gasteiger partial charge in [-0.05, 0) is 37.6 Å². The Morgan fingerprint density at radius 1 is 1.04 bits per heavy atom. The summed E-state index contributed by atoms with van der Waals surface area (Å²) in [5.74, 6) is 1.51. The van der Waals surface area contributed by atoms with Crippen LogP contribution in [0.5, 0.6) is 11.5 Å². The number of hydrogen-bond acceptors (Lipinski definition) is 5. The van der Waals surface area contributed by atoms with Crippen LogP contribution in [0.25, 0.3) is 11.3 Å². The molecule has 2 heterocycles. The second-order valence-corrected chi connectivity index (χ2v) is 7.72. The molecule has 0 saturated heterocycles. The van der Waals surface area contributed by atoms with Gasteiger partial charge < -0.3 is 9.47 Å². The molecule has 0 N–H and O–H groups in total. The second-order valence-electron chi connectivity index (χ2n) is 5.32. The Balaban J connectivity index is 1.83. The Morgan fingerprint density at radius 2 is 1.83 bits per heavy atom. The first kappa shape index (κ1) is 16.0. The van der Waals surface area contributed by atoms with E-state index < -0.39 is 0 Å². The lowest BCUT2D eigenvalue weighted by Gasteiger charge is -2.08. The molecule has 120 valence electrons. The third kappa shape index (κ3) is 3.41. The van der Waals surface area contributed by atoms with Gasteiger partial charge in [-0.2, -0.15) is 0 Å². The summed E-state index contributed by atoms with van der Waals surface area (Å²) in [5, 5.41) is 3.25. The summed E-state index contributed by atoms with van der Waals surface area (Å²) in [7, 11) is 3.31. The molecule has 23 heavy (non-hydrogen) atoms. The van der Waals surface area contributed by atoms with Gasteiger partial charge in [-0.15, -0.1) is 22.7 Å². The number of nitrogens with zero attached hydrogens (tertiary/aromatic N) is 1. The van der Waals surface area contributed by atoms with Crippen LogP contribution in [-0.4, -0.2) is 19.2 Å². The Morgan fingerprint density at radius 3 is 2.48 bits per heavy atom. The lowest BCUT2D eigenvalue weighted by Crippen LogP contribution is -1.93. The Kier molecular flexibility index (Phi) is 4.68. The number of benzene rings is 1. The molecule has 0 amide bonds. The smallest absolute Gasteiger partial charge is 0.160 e. The third-order valence-corrected chi connectivity index (χ3v) is 5.49. The molecule has 0 spiro atoms. The molecule has 1 aromatic carbocycles. The predicted octanol–water partition coefficient (Wildman–Crippen LogP) is 5.10. The van der Waals surface area contributed by atoms with E-state index in [0.717, 1.165) is 28.6 Å². The molecule has 5 heteroatoms. The molecule has 3 nitrogen and oxygen atoms in total. The first-order chi connectivity index (χ1) is 11.1. The number of rotatable bonds is 5. The highest BCUT2D eigenvalue weighted by Crippen LogP contribution is 2.33. The van der Waals surface area contributed by atoms with Crippen molar-refractivity contribution in [2.45, 2.75) is 20.3 Å². The van der Waals surface area contributed by atoms with Crippen LogP contribution in [-0.2, 0) is 6.42 Å². The van der Waals surface area contributed by atoms with Gasteiger partial charge >= 0.3 is 0 Å². The zero-order chi connectivity index (χ0) is 16.4. The molecule has 0 fully saturated rings. The molecule has 0 radical (unpaired) electrons. The zero-order valence-electron chi connectivity index (χ0n) is 13.7. The van der Waals surface area contributed by atoms with Crippen molar-refractivity contribution in [1.29, 1.82) is 0 Å². The van der Waals surface area contributed by atoms with Crippen molar-refractivity contribution in [1.82, 2.24) is 4.98 Å². The van der Waals surface area contributed by atoms with Gasteiger partial charge in [0.2, 0.25) is 0 Å². The van der Waals surface area contributed by atoms with E-state index >= 15 is 0 Å². The first-order valence-corrected chi connectivity index (χ1v) is 9.03. The minimum atomic E-state index is 0.750. The molecule has 0 bridgehead atoms. The fraction of sp³-hybridized carbons (Fsp3) is 0.278. The van der Waals surface area contributed by atoms with Crippen molar-refractivity contribution in [2.24, 2.45) is 0 Å². The summed E-state index contributed by atoms with van der Waals surface area (Å²) in [6.45, 7) is 4.29. The fourth-order valence-electron chi connectivity index (χ4n) is 2.57. The molecule has 2 aromatic heterocycles. The minimum absolute atomic E-state index is 0.750. The average Bonchev–Trinajstić information content (AvgIpc) is 3.13. The first-order valence-electron chi connectivity index (χ1n) is 7.33. The Labute approximate surface area is 144 Å². The van der Waals surface area contributed by atoms with Crippen LogP contribution in [0.4, 0.5) is 0 Å². The molecule has 3 rings (SSSR count). The maximum absolute atomic E-state index is 5.37. The number of hydrogen-bond donors (Lipinski definition) is 0. The van der Waals surface area contributed by atoms with Crippen molar-refractivity contribution in [3.8, 4) is 22.8 Å². The van der Waals surface area contributed by atoms with E-state index in [-0.39, 0.29) is 0 Å². The standard InChI is InChI=1S/C18H19NO2S2/c1-11-7-14(12(2)23-11)15-10-22-18(19-15)9-13-5-6-16(20-3)17(8-13)21-4/h5-8,10H,9H2,1-4H3. The number of aryl methyl sites for hydroxylation is 2. The van der Waals surface area contributed by atoms with Crippen molar-refractivity contribution in [3.63, 3.8) is 0 Å². The van der Waals surface area contributed by atoms with Gasteiger partial charge in [0.15, 0.2) is 11.5 Å². The van der Waals surface area contributed by atoms with Crippen molar-refractivity contribution >= 4 is 22.7 Å². The number of thiazole rings is 1. The van der Waals surface area contributed by atoms with Gasteiger partial charge in [0.05, 0.1) is 24.9 Å². The Bertz CT molecular complexity index is 820. The van der Waals surface area contributed by atoms with Crippen LogP contribution in [0.15, 0.2) is 29.6 Å². The SMILES string of the molecule is COc1ccc(Cc2nc(-c3cc(C)sc3C)cs2)cc1OC. The summed E-state index contributed by atoms with van der Waals surface area (Å²) in [4.78, 5) is 7.45. The minimum Gasteiger partial charge on any atom is -0.493 e. The van der Waals surface area contributed by atoms with Crippen molar-refractivity contribution in [3.05, 3.63) is 50.0 Å². The largest absolute Gasteiger partial charge is 0.493 e. The van der Waals surface area contributed by atoms with Gasteiger partial charge in [0.1, 0.15) is 0 Å². The van der Waals surface area contributed by atoms with Crippen molar-refractivity contribution in [2.75, 3.05) is 14.2 Å². The van der Waals surface area contributed by atoms with Gasteiger partial charge in [-0.25, -0.2) is 4.98 Å². The molecule has 3 aromatic rings. The van der Waals surface area contributed by atoms with Gasteiger partial charge in [0.25, 0.3) is 0 Å². The number of methoxy groups -OCH3 is 2. The van der Waals surface area contributed by atoms with Crippen LogP contribution in [0.1, 0.15) is 20.3 Å². The van der Waals surface area contributed by atoms with Gasteiger partial charge in [-0.3, -0.25) is 0 Å². The third-order valence-electron chi connectivity index (χ3n) is 3.67. The number of thiophene rings is 1. The van der Waals surface area contributed by atoms with E-state index in [1.54, 1.807) is 25.6 Å². The van der Waals surface area contributed by atoms with E-state index in [0.29, 0.717) is 0 Å². The summed E-state index contributed by atoms with van der Waals surface area (Å²) in [6.07, 6.45) is 0.799. The molecular weight excluding hydrogens is 326 g/mol. The van der Waals surface area contributed by atoms with Crippen molar-refractivity contribution < 1.29 is 9.47 Å². The second kappa shape index (κ2) is 6.72. The summed E-state index contributed by atoms with van der Waals surface area (Å²) in [6, 6.07) is 8.23. The summed E-state index contributed by atoms with van der Waals surface area (Å²) >= 11 is 3.52. The quantitative estimate of drug-likeness (QED) is 0.645. The van der Waals surface area contributed by atoms with E-state index in [2.05, 4.69) is 31.4 Å². The highest BCUT2D eigenvalue weighted by atomic mass is 32.1.